The van der Waals surface area contributed by atoms with Gasteiger partial charge in [-0.1, -0.05) is 54.3 Å². The van der Waals surface area contributed by atoms with Gasteiger partial charge >= 0.3 is 0 Å². The van der Waals surface area contributed by atoms with E-state index in [4.69, 9.17) is 17.3 Å². The molecule has 4 aromatic rings. The highest BCUT2D eigenvalue weighted by molar-refractivity contribution is 8.27. The normalized spacial score (nSPS) is 14.7. The van der Waals surface area contributed by atoms with Crippen molar-refractivity contribution in [1.29, 1.82) is 0 Å². The number of hydrogen-bond acceptors (Lipinski definition) is 7. The Hall–Kier alpha value is -4.08. The molecule has 1 aliphatic heterocycles. The molecule has 0 unspecified atom stereocenters. The van der Waals surface area contributed by atoms with E-state index in [1.54, 1.807) is 23.2 Å². The Morgan fingerprint density at radius 2 is 1.76 bits per heavy atom. The molecule has 0 spiro atoms. The number of hydrogen-bond donors (Lipinski definition) is 0. The summed E-state index contributed by atoms with van der Waals surface area (Å²) in [4.78, 5) is 30.3. The van der Waals surface area contributed by atoms with Gasteiger partial charge in [-0.15, -0.1) is 0 Å². The summed E-state index contributed by atoms with van der Waals surface area (Å²) < 4.78 is 2.11. The van der Waals surface area contributed by atoms with Crippen LogP contribution in [0.2, 0.25) is 0 Å². The Bertz CT molecular complexity index is 1430. The predicted octanol–water partition coefficient (Wildman–Crippen LogP) is 3.70. The molecule has 2 aromatic carbocycles. The number of aromatic nitrogens is 3. The van der Waals surface area contributed by atoms with Crippen LogP contribution in [0, 0.1) is 0 Å². The van der Waals surface area contributed by atoms with Crippen molar-refractivity contribution in [3.05, 3.63) is 101 Å². The molecule has 1 fully saturated rings. The molecular formula is C25H15N4O3S2-. The first-order chi connectivity index (χ1) is 16.5. The van der Waals surface area contributed by atoms with Crippen molar-refractivity contribution in [3.63, 3.8) is 0 Å². The average Bonchev–Trinajstić information content (AvgIpc) is 3.41. The molecule has 1 saturated heterocycles. The van der Waals surface area contributed by atoms with Crippen molar-refractivity contribution in [2.45, 2.75) is 0 Å². The molecule has 0 atom stereocenters. The third kappa shape index (κ3) is 4.14. The first-order valence-corrected chi connectivity index (χ1v) is 11.4. The largest absolute Gasteiger partial charge is 0.545 e. The minimum absolute atomic E-state index is 0.0270. The van der Waals surface area contributed by atoms with Crippen LogP contribution < -0.4 is 10.0 Å². The van der Waals surface area contributed by atoms with Crippen LogP contribution in [0.5, 0.6) is 0 Å². The molecule has 34 heavy (non-hydrogen) atoms. The Morgan fingerprint density at radius 1 is 1.00 bits per heavy atom. The van der Waals surface area contributed by atoms with E-state index in [1.807, 2.05) is 48.7 Å². The monoisotopic (exact) mass is 483 g/mol. The fourth-order valence-corrected chi connectivity index (χ4v) is 4.80. The van der Waals surface area contributed by atoms with E-state index in [2.05, 4.69) is 4.98 Å². The van der Waals surface area contributed by atoms with Crippen LogP contribution in [0.1, 0.15) is 15.9 Å². The minimum atomic E-state index is -1.28. The van der Waals surface area contributed by atoms with Crippen LogP contribution in [0.15, 0.2) is 90.2 Å². The molecule has 7 nitrogen and oxygen atoms in total. The number of carboxylic acid groups (broad SMARTS) is 1. The highest BCUT2D eigenvalue weighted by Gasteiger charge is 2.33. The Kier molecular flexibility index (Phi) is 5.79. The van der Waals surface area contributed by atoms with E-state index in [-0.39, 0.29) is 11.5 Å². The van der Waals surface area contributed by atoms with Gasteiger partial charge < -0.3 is 9.90 Å². The first-order valence-electron chi connectivity index (χ1n) is 10.2. The summed E-state index contributed by atoms with van der Waals surface area (Å²) >= 11 is 6.63. The summed E-state index contributed by atoms with van der Waals surface area (Å²) in [5.74, 6) is -1.57. The van der Waals surface area contributed by atoms with Gasteiger partial charge in [-0.3, -0.25) is 14.7 Å². The third-order valence-electron chi connectivity index (χ3n) is 5.14. The Labute approximate surface area is 204 Å². The average molecular weight is 484 g/mol. The number of aromatic carboxylic acids is 1. The second-order valence-corrected chi connectivity index (χ2v) is 8.98. The molecule has 0 bridgehead atoms. The smallest absolute Gasteiger partial charge is 0.270 e. The molecule has 3 heterocycles. The molecule has 0 aliphatic carbocycles. The van der Waals surface area contributed by atoms with E-state index in [0.717, 1.165) is 16.8 Å². The maximum Gasteiger partial charge on any atom is 0.270 e. The van der Waals surface area contributed by atoms with E-state index >= 15 is 0 Å². The maximum absolute atomic E-state index is 13.2. The van der Waals surface area contributed by atoms with Gasteiger partial charge in [0.05, 0.1) is 22.2 Å². The number of thiocarbonyl (C=S) groups is 1. The highest BCUT2D eigenvalue weighted by atomic mass is 32.2. The minimum Gasteiger partial charge on any atom is -0.545 e. The Balaban J connectivity index is 1.54. The molecule has 0 radical (unpaired) electrons. The number of anilines is 1. The highest BCUT2D eigenvalue weighted by Crippen LogP contribution is 2.37. The zero-order valence-corrected chi connectivity index (χ0v) is 19.1. The van der Waals surface area contributed by atoms with Gasteiger partial charge in [-0.2, -0.15) is 5.10 Å². The van der Waals surface area contributed by atoms with Crippen LogP contribution in [-0.4, -0.2) is 31.0 Å². The molecule has 0 saturated carbocycles. The van der Waals surface area contributed by atoms with Crippen molar-refractivity contribution in [2.24, 2.45) is 0 Å². The van der Waals surface area contributed by atoms with Crippen molar-refractivity contribution >= 4 is 51.9 Å². The zero-order valence-electron chi connectivity index (χ0n) is 17.5. The summed E-state index contributed by atoms with van der Waals surface area (Å²) in [5.41, 5.74) is 3.64. The topological polar surface area (TPSA) is 91.2 Å². The van der Waals surface area contributed by atoms with Crippen LogP contribution in [0.3, 0.4) is 0 Å². The standard InChI is InChI=1S/C25H16N4O3S2/c30-23-21(34-25(33)29(23)20-10-8-16(9-11-20)24(31)32)13-18-15-28(19-6-2-1-3-7-19)27-22(18)17-5-4-12-26-14-17/h1-15H,(H,31,32)/p-1/b21-13-. The van der Waals surface area contributed by atoms with Gasteiger partial charge in [0.1, 0.15) is 5.69 Å². The maximum atomic E-state index is 13.2. The number of carbonyl (C=O) groups excluding carboxylic acids is 2. The third-order valence-corrected chi connectivity index (χ3v) is 6.44. The van der Waals surface area contributed by atoms with Gasteiger partial charge in [0, 0.05) is 29.7 Å². The number of pyridine rings is 1. The van der Waals surface area contributed by atoms with Gasteiger partial charge in [-0.05, 0) is 48.0 Å². The van der Waals surface area contributed by atoms with Gasteiger partial charge in [0.25, 0.3) is 5.91 Å². The fraction of sp³-hybridized carbons (Fsp3) is 0. The molecule has 2 aromatic heterocycles. The van der Waals surface area contributed by atoms with E-state index in [1.165, 1.54) is 40.9 Å². The van der Waals surface area contributed by atoms with Crippen molar-refractivity contribution in [2.75, 3.05) is 4.90 Å². The second kappa shape index (κ2) is 9.05. The lowest BCUT2D eigenvalue weighted by Gasteiger charge is -2.15. The quantitative estimate of drug-likeness (QED) is 0.316. The number of rotatable bonds is 5. The number of amides is 1. The number of nitrogens with zero attached hydrogens (tertiary/aromatic N) is 4. The number of benzene rings is 2. The molecule has 0 N–H and O–H groups in total. The summed E-state index contributed by atoms with van der Waals surface area (Å²) in [6, 6.07) is 19.3. The van der Waals surface area contributed by atoms with Crippen LogP contribution >= 0.6 is 24.0 Å². The fourth-order valence-electron chi connectivity index (χ4n) is 3.51. The number of thioether (sulfide) groups is 1. The SMILES string of the molecule is O=C([O-])c1ccc(N2C(=O)/C(=C/c3cn(-c4ccccc4)nc3-c3cccnc3)SC2=S)cc1. The van der Waals surface area contributed by atoms with E-state index in [0.29, 0.717) is 20.6 Å². The molecule has 9 heteroatoms. The van der Waals surface area contributed by atoms with Gasteiger partial charge in [0.2, 0.25) is 0 Å². The molecule has 166 valence electrons. The molecule has 5 rings (SSSR count). The lowest BCUT2D eigenvalue weighted by Crippen LogP contribution is -2.28. The summed E-state index contributed by atoms with van der Waals surface area (Å²) in [6.07, 6.45) is 7.04. The molecule has 1 amide bonds. The predicted molar refractivity (Wildman–Crippen MR) is 133 cm³/mol. The molecule has 1 aliphatic rings. The Morgan fingerprint density at radius 3 is 2.44 bits per heavy atom. The van der Waals surface area contributed by atoms with Crippen LogP contribution in [0.4, 0.5) is 5.69 Å². The van der Waals surface area contributed by atoms with Crippen molar-refractivity contribution < 1.29 is 14.7 Å². The first kappa shape index (κ1) is 21.7. The van der Waals surface area contributed by atoms with Gasteiger partial charge in [0.15, 0.2) is 4.32 Å². The van der Waals surface area contributed by atoms with Crippen LogP contribution in [0.25, 0.3) is 23.0 Å². The lowest BCUT2D eigenvalue weighted by atomic mass is 10.1. The van der Waals surface area contributed by atoms with E-state index < -0.39 is 5.97 Å². The second-order valence-electron chi connectivity index (χ2n) is 7.31. The zero-order chi connectivity index (χ0) is 23.7. The van der Waals surface area contributed by atoms with Gasteiger partial charge in [-0.25, -0.2) is 4.68 Å². The number of carboxylic acids is 1. The molecular weight excluding hydrogens is 468 g/mol. The lowest BCUT2D eigenvalue weighted by molar-refractivity contribution is -0.255. The summed E-state index contributed by atoms with van der Waals surface area (Å²) in [6.45, 7) is 0. The number of para-hydroxylation sites is 1. The van der Waals surface area contributed by atoms with Crippen molar-refractivity contribution in [3.8, 4) is 16.9 Å². The van der Waals surface area contributed by atoms with Crippen LogP contribution in [-0.2, 0) is 4.79 Å². The summed E-state index contributed by atoms with van der Waals surface area (Å²) in [5, 5.41) is 15.8. The number of carbonyl (C=O) groups is 2. The van der Waals surface area contributed by atoms with Crippen molar-refractivity contribution in [1.82, 2.24) is 14.8 Å². The summed E-state index contributed by atoms with van der Waals surface area (Å²) in [7, 11) is 0. The van der Waals surface area contributed by atoms with E-state index in [9.17, 15) is 14.7 Å².